The number of rotatable bonds is 4. The summed E-state index contributed by atoms with van der Waals surface area (Å²) in [6, 6.07) is 11.5. The van der Waals surface area contributed by atoms with E-state index in [0.717, 1.165) is 12.2 Å². The third-order valence-corrected chi connectivity index (χ3v) is 6.62. The molecular weight excluding hydrogens is 338 g/mol. The predicted octanol–water partition coefficient (Wildman–Crippen LogP) is 5.87. The highest BCUT2D eigenvalue weighted by molar-refractivity contribution is 7.10. The van der Waals surface area contributed by atoms with Crippen LogP contribution in [-0.4, -0.2) is 21.6 Å². The number of likely N-dealkylation sites (tertiary alicyclic amines) is 1. The van der Waals surface area contributed by atoms with Gasteiger partial charge in [-0.1, -0.05) is 42.7 Å². The molecule has 0 saturated carbocycles. The lowest BCUT2D eigenvalue weighted by Crippen LogP contribution is -2.28. The lowest BCUT2D eigenvalue weighted by Gasteiger charge is -2.30. The second-order valence-electron chi connectivity index (χ2n) is 7.44. The summed E-state index contributed by atoms with van der Waals surface area (Å²) in [5.74, 6) is 0. The van der Waals surface area contributed by atoms with Crippen molar-refractivity contribution >= 4 is 11.3 Å². The average Bonchev–Trinajstić information content (AvgIpc) is 3.21. The van der Waals surface area contributed by atoms with Crippen LogP contribution in [0.25, 0.3) is 11.3 Å². The highest BCUT2D eigenvalue weighted by Crippen LogP contribution is 2.36. The molecule has 0 unspecified atom stereocenters. The summed E-state index contributed by atoms with van der Waals surface area (Å²) in [5, 5.41) is 9.84. The van der Waals surface area contributed by atoms with Crippen LogP contribution < -0.4 is 0 Å². The zero-order valence-corrected chi connectivity index (χ0v) is 16.5. The van der Waals surface area contributed by atoms with Gasteiger partial charge in [0.25, 0.3) is 0 Å². The number of hydrogen-bond donors (Lipinski definition) is 1. The molecule has 3 nitrogen and oxygen atoms in total. The third kappa shape index (κ3) is 3.62. The van der Waals surface area contributed by atoms with Crippen molar-refractivity contribution < 1.29 is 0 Å². The van der Waals surface area contributed by atoms with E-state index in [4.69, 9.17) is 0 Å². The van der Waals surface area contributed by atoms with Crippen LogP contribution in [0.15, 0.2) is 41.9 Å². The van der Waals surface area contributed by atoms with Crippen molar-refractivity contribution in [3.63, 3.8) is 0 Å². The maximum Gasteiger partial charge on any atom is 0.0695 e. The average molecular weight is 366 g/mol. The molecule has 4 rings (SSSR count). The number of aromatic nitrogens is 2. The SMILES string of the molecule is Cc1ccc(-c2[nH]ncc2CN2CCCCC[C@H]2c2sccc2C)cc1. The first-order valence-corrected chi connectivity index (χ1v) is 10.5. The minimum absolute atomic E-state index is 0.540. The molecule has 0 bridgehead atoms. The summed E-state index contributed by atoms with van der Waals surface area (Å²) < 4.78 is 0. The van der Waals surface area contributed by atoms with Crippen molar-refractivity contribution in [1.29, 1.82) is 0 Å². The molecule has 1 saturated heterocycles. The fourth-order valence-corrected chi connectivity index (χ4v) is 5.10. The summed E-state index contributed by atoms with van der Waals surface area (Å²) in [5.41, 5.74) is 6.42. The smallest absolute Gasteiger partial charge is 0.0695 e. The van der Waals surface area contributed by atoms with Gasteiger partial charge in [0, 0.05) is 23.0 Å². The first kappa shape index (κ1) is 17.5. The van der Waals surface area contributed by atoms with Crippen molar-refractivity contribution in [2.45, 2.75) is 52.1 Å². The van der Waals surface area contributed by atoms with Gasteiger partial charge in [-0.15, -0.1) is 11.3 Å². The van der Waals surface area contributed by atoms with Crippen LogP contribution in [0.4, 0.5) is 0 Å². The molecule has 0 radical (unpaired) electrons. The van der Waals surface area contributed by atoms with Gasteiger partial charge in [0.2, 0.25) is 0 Å². The minimum atomic E-state index is 0.540. The molecule has 1 aliphatic rings. The van der Waals surface area contributed by atoms with Gasteiger partial charge >= 0.3 is 0 Å². The molecule has 4 heteroatoms. The molecule has 3 heterocycles. The number of H-pyrrole nitrogens is 1. The van der Waals surface area contributed by atoms with Crippen molar-refractivity contribution in [2.75, 3.05) is 6.54 Å². The van der Waals surface area contributed by atoms with E-state index in [1.54, 1.807) is 4.88 Å². The topological polar surface area (TPSA) is 31.9 Å². The minimum Gasteiger partial charge on any atom is -0.291 e. The zero-order valence-electron chi connectivity index (χ0n) is 15.7. The molecule has 0 amide bonds. The van der Waals surface area contributed by atoms with E-state index in [-0.39, 0.29) is 0 Å². The van der Waals surface area contributed by atoms with E-state index >= 15 is 0 Å². The van der Waals surface area contributed by atoms with Gasteiger partial charge in [0.1, 0.15) is 0 Å². The number of benzene rings is 1. The normalized spacial score (nSPS) is 18.8. The molecule has 1 atom stereocenters. The fraction of sp³-hybridized carbons (Fsp3) is 0.409. The van der Waals surface area contributed by atoms with Crippen LogP contribution in [-0.2, 0) is 6.54 Å². The standard InChI is InChI=1S/C22H27N3S/c1-16-7-9-18(10-8-16)21-19(14-23-24-21)15-25-12-5-3-4-6-20(25)22-17(2)11-13-26-22/h7-11,13-14,20H,3-6,12,15H2,1-2H3,(H,23,24)/t20-/m0/s1. The van der Waals surface area contributed by atoms with Crippen LogP contribution in [0, 0.1) is 13.8 Å². The maximum atomic E-state index is 4.37. The highest BCUT2D eigenvalue weighted by Gasteiger charge is 2.26. The van der Waals surface area contributed by atoms with Gasteiger partial charge in [0.05, 0.1) is 11.9 Å². The molecule has 0 spiro atoms. The van der Waals surface area contributed by atoms with Gasteiger partial charge in [-0.25, -0.2) is 0 Å². The number of hydrogen-bond acceptors (Lipinski definition) is 3. The Labute approximate surface area is 160 Å². The summed E-state index contributed by atoms with van der Waals surface area (Å²) >= 11 is 1.92. The number of aromatic amines is 1. The van der Waals surface area contributed by atoms with E-state index in [1.807, 2.05) is 17.5 Å². The lowest BCUT2D eigenvalue weighted by molar-refractivity contribution is 0.195. The summed E-state index contributed by atoms with van der Waals surface area (Å²) in [6.07, 6.45) is 7.23. The largest absolute Gasteiger partial charge is 0.291 e. The summed E-state index contributed by atoms with van der Waals surface area (Å²) in [4.78, 5) is 4.22. The molecule has 0 aliphatic carbocycles. The lowest BCUT2D eigenvalue weighted by atomic mass is 10.0. The Hall–Kier alpha value is -1.91. The number of nitrogens with zero attached hydrogens (tertiary/aromatic N) is 2. The highest BCUT2D eigenvalue weighted by atomic mass is 32.1. The number of nitrogens with one attached hydrogen (secondary N) is 1. The predicted molar refractivity (Wildman–Crippen MR) is 109 cm³/mol. The van der Waals surface area contributed by atoms with Crippen molar-refractivity contribution in [3.05, 3.63) is 63.5 Å². The van der Waals surface area contributed by atoms with Crippen molar-refractivity contribution in [2.24, 2.45) is 0 Å². The van der Waals surface area contributed by atoms with Gasteiger partial charge in [0.15, 0.2) is 0 Å². The van der Waals surface area contributed by atoms with Crippen molar-refractivity contribution in [3.8, 4) is 11.3 Å². The number of thiophene rings is 1. The van der Waals surface area contributed by atoms with E-state index < -0.39 is 0 Å². The van der Waals surface area contributed by atoms with Gasteiger partial charge in [-0.2, -0.15) is 5.10 Å². The van der Waals surface area contributed by atoms with E-state index in [2.05, 4.69) is 64.7 Å². The molecule has 2 aromatic heterocycles. The zero-order chi connectivity index (χ0) is 17.9. The number of aryl methyl sites for hydroxylation is 2. The van der Waals surface area contributed by atoms with Gasteiger partial charge in [-0.3, -0.25) is 10.00 Å². The van der Waals surface area contributed by atoms with Crippen LogP contribution in [0.1, 0.15) is 53.3 Å². The van der Waals surface area contributed by atoms with Crippen LogP contribution >= 0.6 is 11.3 Å². The quantitative estimate of drug-likeness (QED) is 0.627. The molecule has 1 aliphatic heterocycles. The second-order valence-corrected chi connectivity index (χ2v) is 8.39. The van der Waals surface area contributed by atoms with Gasteiger partial charge < -0.3 is 0 Å². The Morgan fingerprint density at radius 1 is 1.12 bits per heavy atom. The van der Waals surface area contributed by atoms with E-state index in [9.17, 15) is 0 Å². The monoisotopic (exact) mass is 365 g/mol. The third-order valence-electron chi connectivity index (χ3n) is 5.50. The molecule has 136 valence electrons. The maximum absolute atomic E-state index is 4.37. The van der Waals surface area contributed by atoms with Crippen LogP contribution in [0.3, 0.4) is 0 Å². The molecule has 1 aromatic carbocycles. The molecule has 1 N–H and O–H groups in total. The van der Waals surface area contributed by atoms with Gasteiger partial charge in [-0.05, 0) is 55.8 Å². The Balaban J connectivity index is 1.62. The molecular formula is C22H27N3S. The Morgan fingerprint density at radius 3 is 2.73 bits per heavy atom. The second kappa shape index (κ2) is 7.77. The van der Waals surface area contributed by atoms with E-state index in [0.29, 0.717) is 6.04 Å². The Bertz CT molecular complexity index is 846. The van der Waals surface area contributed by atoms with E-state index in [1.165, 1.54) is 54.5 Å². The summed E-state index contributed by atoms with van der Waals surface area (Å²) in [7, 11) is 0. The molecule has 3 aromatic rings. The van der Waals surface area contributed by atoms with Crippen molar-refractivity contribution in [1.82, 2.24) is 15.1 Å². The Kier molecular flexibility index (Phi) is 5.23. The van der Waals surface area contributed by atoms with Crippen LogP contribution in [0.5, 0.6) is 0 Å². The first-order valence-electron chi connectivity index (χ1n) is 9.59. The van der Waals surface area contributed by atoms with Crippen LogP contribution in [0.2, 0.25) is 0 Å². The Morgan fingerprint density at radius 2 is 1.96 bits per heavy atom. The summed E-state index contributed by atoms with van der Waals surface area (Å²) in [6.45, 7) is 6.51. The molecule has 26 heavy (non-hydrogen) atoms. The fourth-order valence-electron chi connectivity index (χ4n) is 4.00. The molecule has 1 fully saturated rings. The first-order chi connectivity index (χ1) is 12.7.